The molecular formula is C18H19N3O3. The molecule has 1 fully saturated rings. The molecule has 0 saturated heterocycles. The highest BCUT2D eigenvalue weighted by Gasteiger charge is 2.31. The molecule has 124 valence electrons. The summed E-state index contributed by atoms with van der Waals surface area (Å²) in [6, 6.07) is 9.07. The average Bonchev–Trinajstić information content (AvgIpc) is 3.25. The fourth-order valence-corrected chi connectivity index (χ4v) is 3.11. The molecule has 6 nitrogen and oxygen atoms in total. The summed E-state index contributed by atoms with van der Waals surface area (Å²) in [7, 11) is 1.75. The quantitative estimate of drug-likeness (QED) is 0.916. The van der Waals surface area contributed by atoms with Crippen LogP contribution in [-0.4, -0.2) is 28.9 Å². The number of rotatable bonds is 5. The highest BCUT2D eigenvalue weighted by atomic mass is 16.5. The molecule has 1 N–H and O–H groups in total. The van der Waals surface area contributed by atoms with Gasteiger partial charge in [-0.15, -0.1) is 0 Å². The van der Waals surface area contributed by atoms with Crippen molar-refractivity contribution in [2.45, 2.75) is 37.8 Å². The van der Waals surface area contributed by atoms with Crippen LogP contribution in [0.25, 0.3) is 0 Å². The van der Waals surface area contributed by atoms with E-state index in [9.17, 15) is 9.59 Å². The second-order valence-corrected chi connectivity index (χ2v) is 6.56. The van der Waals surface area contributed by atoms with Crippen LogP contribution in [0.1, 0.15) is 58.6 Å². The van der Waals surface area contributed by atoms with Gasteiger partial charge in [0.1, 0.15) is 11.5 Å². The number of nitrogens with one attached hydrogen (secondary N) is 1. The van der Waals surface area contributed by atoms with E-state index >= 15 is 0 Å². The Bertz CT molecular complexity index is 794. The second-order valence-electron chi connectivity index (χ2n) is 6.56. The molecule has 2 heterocycles. The van der Waals surface area contributed by atoms with Gasteiger partial charge in [0.25, 0.3) is 5.91 Å². The van der Waals surface area contributed by atoms with Gasteiger partial charge < -0.3 is 14.7 Å². The Balaban J connectivity index is 1.39. The Hall–Kier alpha value is -2.63. The summed E-state index contributed by atoms with van der Waals surface area (Å²) in [5.74, 6) is 1.28. The summed E-state index contributed by atoms with van der Waals surface area (Å²) in [6.07, 6.45) is 2.56. The number of aromatic nitrogens is 1. The van der Waals surface area contributed by atoms with Crippen molar-refractivity contribution in [3.63, 3.8) is 0 Å². The Kier molecular flexibility index (Phi) is 3.59. The monoisotopic (exact) mass is 325 g/mol. The van der Waals surface area contributed by atoms with E-state index < -0.39 is 0 Å². The summed E-state index contributed by atoms with van der Waals surface area (Å²) in [5.41, 5.74) is 2.31. The highest BCUT2D eigenvalue weighted by molar-refractivity contribution is 5.99. The largest absolute Gasteiger partial charge is 0.361 e. The van der Waals surface area contributed by atoms with E-state index in [1.54, 1.807) is 18.0 Å². The molecule has 24 heavy (non-hydrogen) atoms. The van der Waals surface area contributed by atoms with Gasteiger partial charge in [-0.25, -0.2) is 0 Å². The third-order valence-electron chi connectivity index (χ3n) is 4.65. The van der Waals surface area contributed by atoms with Crippen molar-refractivity contribution in [2.24, 2.45) is 0 Å². The van der Waals surface area contributed by atoms with E-state index in [2.05, 4.69) is 10.5 Å². The first-order valence-corrected chi connectivity index (χ1v) is 8.21. The summed E-state index contributed by atoms with van der Waals surface area (Å²) in [6.45, 7) is 0.414. The summed E-state index contributed by atoms with van der Waals surface area (Å²) < 4.78 is 5.32. The van der Waals surface area contributed by atoms with Crippen molar-refractivity contribution in [1.29, 1.82) is 0 Å². The Morgan fingerprint density at radius 1 is 1.38 bits per heavy atom. The molecule has 1 saturated carbocycles. The van der Waals surface area contributed by atoms with E-state index in [1.807, 2.05) is 24.3 Å². The van der Waals surface area contributed by atoms with Crippen LogP contribution in [0.4, 0.5) is 0 Å². The van der Waals surface area contributed by atoms with Gasteiger partial charge in [0.2, 0.25) is 5.91 Å². The fraction of sp³-hybridized carbons (Fsp3) is 0.389. The summed E-state index contributed by atoms with van der Waals surface area (Å²) in [4.78, 5) is 26.0. The lowest BCUT2D eigenvalue weighted by molar-refractivity contribution is -0.131. The molecule has 2 amide bonds. The standard InChI is InChI=1S/C18H19N3O3/c1-21(10-12-8-16(24-20-12)11-6-7-11)17(22)9-15-13-4-2-3-5-14(13)18(23)19-15/h2-5,8,11,15H,6-7,9-10H2,1H3,(H,19,23)/t15-/m0/s1. The minimum absolute atomic E-state index is 0.0343. The van der Waals surface area contributed by atoms with E-state index in [4.69, 9.17) is 4.52 Å². The number of hydrogen-bond acceptors (Lipinski definition) is 4. The normalized spacial score (nSPS) is 19.0. The van der Waals surface area contributed by atoms with Crippen LogP contribution < -0.4 is 5.32 Å². The zero-order chi connectivity index (χ0) is 16.7. The molecule has 0 radical (unpaired) electrons. The number of fused-ring (bicyclic) bond motifs is 1. The van der Waals surface area contributed by atoms with Crippen LogP contribution >= 0.6 is 0 Å². The number of hydrogen-bond donors (Lipinski definition) is 1. The van der Waals surface area contributed by atoms with Gasteiger partial charge in [-0.05, 0) is 24.5 Å². The van der Waals surface area contributed by atoms with Crippen LogP contribution in [-0.2, 0) is 11.3 Å². The molecule has 2 aromatic rings. The number of nitrogens with zero attached hydrogens (tertiary/aromatic N) is 2. The van der Waals surface area contributed by atoms with Gasteiger partial charge in [-0.1, -0.05) is 23.4 Å². The Morgan fingerprint density at radius 2 is 2.17 bits per heavy atom. The van der Waals surface area contributed by atoms with Gasteiger partial charge in [0, 0.05) is 24.6 Å². The molecular weight excluding hydrogens is 306 g/mol. The highest BCUT2D eigenvalue weighted by Crippen LogP contribution is 2.40. The fourth-order valence-electron chi connectivity index (χ4n) is 3.11. The van der Waals surface area contributed by atoms with Crippen molar-refractivity contribution < 1.29 is 14.1 Å². The smallest absolute Gasteiger partial charge is 0.252 e. The summed E-state index contributed by atoms with van der Waals surface area (Å²) >= 11 is 0. The number of carbonyl (C=O) groups excluding carboxylic acids is 2. The molecule has 0 unspecified atom stereocenters. The van der Waals surface area contributed by atoms with Crippen LogP contribution in [0.5, 0.6) is 0 Å². The zero-order valence-electron chi connectivity index (χ0n) is 13.5. The van der Waals surface area contributed by atoms with Crippen molar-refractivity contribution >= 4 is 11.8 Å². The van der Waals surface area contributed by atoms with Gasteiger partial charge in [0.15, 0.2) is 0 Å². The number of benzene rings is 1. The molecule has 0 spiro atoms. The van der Waals surface area contributed by atoms with Crippen LogP contribution in [0.3, 0.4) is 0 Å². The molecule has 1 aliphatic heterocycles. The first kappa shape index (κ1) is 14.9. The number of amides is 2. The molecule has 0 bridgehead atoms. The van der Waals surface area contributed by atoms with Crippen LogP contribution in [0.15, 0.2) is 34.9 Å². The molecule has 4 rings (SSSR count). The van der Waals surface area contributed by atoms with E-state index in [1.165, 1.54) is 0 Å². The maximum Gasteiger partial charge on any atom is 0.252 e. The molecule has 1 atom stereocenters. The molecule has 2 aliphatic rings. The molecule has 6 heteroatoms. The van der Waals surface area contributed by atoms with Crippen molar-refractivity contribution in [3.05, 3.63) is 52.9 Å². The predicted octanol–water partition coefficient (Wildman–Crippen LogP) is 2.39. The van der Waals surface area contributed by atoms with Crippen LogP contribution in [0, 0.1) is 0 Å². The van der Waals surface area contributed by atoms with Crippen molar-refractivity contribution in [2.75, 3.05) is 7.05 Å². The van der Waals surface area contributed by atoms with E-state index in [0.717, 1.165) is 29.9 Å². The minimum atomic E-state index is -0.261. The maximum absolute atomic E-state index is 12.5. The topological polar surface area (TPSA) is 75.4 Å². The Morgan fingerprint density at radius 3 is 2.96 bits per heavy atom. The van der Waals surface area contributed by atoms with Gasteiger partial charge in [0.05, 0.1) is 19.0 Å². The lowest BCUT2D eigenvalue weighted by Crippen LogP contribution is -2.30. The first-order chi connectivity index (χ1) is 11.6. The maximum atomic E-state index is 12.5. The van der Waals surface area contributed by atoms with Gasteiger partial charge in [-0.2, -0.15) is 0 Å². The SMILES string of the molecule is CN(Cc1cc(C2CC2)on1)C(=O)C[C@@H]1NC(=O)c2ccccc21. The third kappa shape index (κ3) is 2.79. The van der Waals surface area contributed by atoms with E-state index in [-0.39, 0.29) is 24.3 Å². The van der Waals surface area contributed by atoms with Gasteiger partial charge >= 0.3 is 0 Å². The minimum Gasteiger partial charge on any atom is -0.361 e. The molecule has 1 aromatic heterocycles. The molecule has 1 aromatic carbocycles. The van der Waals surface area contributed by atoms with Crippen molar-refractivity contribution in [1.82, 2.24) is 15.4 Å². The third-order valence-corrected chi connectivity index (χ3v) is 4.65. The van der Waals surface area contributed by atoms with Gasteiger partial charge in [-0.3, -0.25) is 9.59 Å². The number of carbonyl (C=O) groups is 2. The van der Waals surface area contributed by atoms with E-state index in [0.29, 0.717) is 18.0 Å². The zero-order valence-corrected chi connectivity index (χ0v) is 13.5. The second kappa shape index (κ2) is 5.78. The predicted molar refractivity (Wildman–Crippen MR) is 86.2 cm³/mol. The summed E-state index contributed by atoms with van der Waals surface area (Å²) in [5, 5.41) is 6.92. The lowest BCUT2D eigenvalue weighted by Gasteiger charge is -2.18. The van der Waals surface area contributed by atoms with Crippen molar-refractivity contribution in [3.8, 4) is 0 Å². The lowest BCUT2D eigenvalue weighted by atomic mass is 10.0. The molecule has 1 aliphatic carbocycles. The Labute approximate surface area is 139 Å². The first-order valence-electron chi connectivity index (χ1n) is 8.21. The van der Waals surface area contributed by atoms with Crippen LogP contribution in [0.2, 0.25) is 0 Å². The average molecular weight is 325 g/mol.